The van der Waals surface area contributed by atoms with Gasteiger partial charge >= 0.3 is 0 Å². The van der Waals surface area contributed by atoms with Crippen LogP contribution in [-0.2, 0) is 16.6 Å². The minimum Gasteiger partial charge on any atom is -0.352 e. The number of anilines is 1. The Morgan fingerprint density at radius 1 is 1.31 bits per heavy atom. The number of thiazole rings is 1. The largest absolute Gasteiger partial charge is 0.352 e. The summed E-state index contributed by atoms with van der Waals surface area (Å²) in [5.41, 5.74) is 0.622. The van der Waals surface area contributed by atoms with Crippen LogP contribution in [0.2, 0.25) is 0 Å². The quantitative estimate of drug-likeness (QED) is 0.328. The van der Waals surface area contributed by atoms with E-state index in [4.69, 9.17) is 0 Å². The lowest BCUT2D eigenvalue weighted by molar-refractivity contribution is 0.552. The van der Waals surface area contributed by atoms with Gasteiger partial charge in [-0.05, 0) is 54.8 Å². The number of hydrogen-bond acceptors (Lipinski definition) is 10. The molecule has 14 heteroatoms. The number of nitrogens with zero attached hydrogens (tertiary/aromatic N) is 8. The lowest BCUT2D eigenvalue weighted by Crippen LogP contribution is -2.25. The van der Waals surface area contributed by atoms with Crippen LogP contribution in [0.15, 0.2) is 35.7 Å². The number of nitrogens with one attached hydrogen (secondary N) is 2. The maximum atomic E-state index is 12.7. The molecule has 32 heavy (non-hydrogen) atoms. The van der Waals surface area contributed by atoms with Gasteiger partial charge in [0.15, 0.2) is 11.0 Å². The van der Waals surface area contributed by atoms with Crippen molar-refractivity contribution in [3.8, 4) is 0 Å². The van der Waals surface area contributed by atoms with Gasteiger partial charge in [-0.25, -0.2) is 27.8 Å². The van der Waals surface area contributed by atoms with Gasteiger partial charge in [0.25, 0.3) is 0 Å². The Hall–Kier alpha value is -2.97. The van der Waals surface area contributed by atoms with E-state index in [1.165, 1.54) is 17.7 Å². The van der Waals surface area contributed by atoms with E-state index in [0.717, 1.165) is 23.4 Å². The molecule has 0 amide bonds. The standard InChI is InChI=1S/C18H22N10O2S2/c1-12(17-24-25-26-28(17)13-3-4-13)22-18-23-15-9-14(5-6-16(15)31-18)32(29,30)21-7-2-8-27-11-19-10-20-27/h5-6,9-13,21H,2-4,7-8H2,1H3,(H,22,23). The molecule has 0 radical (unpaired) electrons. The molecular formula is C18H22N10O2S2. The molecular weight excluding hydrogens is 452 g/mol. The van der Waals surface area contributed by atoms with Crippen molar-refractivity contribution in [3.05, 3.63) is 36.7 Å². The van der Waals surface area contributed by atoms with Gasteiger partial charge in [-0.15, -0.1) is 5.10 Å². The minimum absolute atomic E-state index is 0.124. The second-order valence-electron chi connectivity index (χ2n) is 7.64. The second-order valence-corrected chi connectivity index (χ2v) is 10.4. The van der Waals surface area contributed by atoms with Gasteiger partial charge in [0.2, 0.25) is 10.0 Å². The number of fused-ring (bicyclic) bond motifs is 1. The first-order valence-corrected chi connectivity index (χ1v) is 12.6. The summed E-state index contributed by atoms with van der Waals surface area (Å²) in [5, 5.41) is 20.1. The molecule has 0 spiro atoms. The maximum Gasteiger partial charge on any atom is 0.240 e. The van der Waals surface area contributed by atoms with Crippen LogP contribution in [0.1, 0.15) is 44.1 Å². The Kier molecular flexibility index (Phi) is 5.57. The molecule has 1 unspecified atom stereocenters. The molecule has 12 nitrogen and oxygen atoms in total. The van der Waals surface area contributed by atoms with Crippen LogP contribution in [0.3, 0.4) is 0 Å². The van der Waals surface area contributed by atoms with Crippen molar-refractivity contribution < 1.29 is 8.42 Å². The van der Waals surface area contributed by atoms with Crippen LogP contribution >= 0.6 is 11.3 Å². The average Bonchev–Trinajstić information content (AvgIpc) is 3.18. The van der Waals surface area contributed by atoms with E-state index in [-0.39, 0.29) is 10.9 Å². The monoisotopic (exact) mass is 474 g/mol. The Morgan fingerprint density at radius 2 is 2.19 bits per heavy atom. The summed E-state index contributed by atoms with van der Waals surface area (Å²) in [4.78, 5) is 8.63. The van der Waals surface area contributed by atoms with Gasteiger partial charge in [0.1, 0.15) is 12.7 Å². The van der Waals surface area contributed by atoms with Gasteiger partial charge in [-0.3, -0.25) is 4.68 Å². The van der Waals surface area contributed by atoms with Crippen molar-refractivity contribution in [2.45, 2.75) is 49.7 Å². The van der Waals surface area contributed by atoms with Crippen LogP contribution < -0.4 is 10.0 Å². The Bertz CT molecular complexity index is 1310. The van der Waals surface area contributed by atoms with Crippen molar-refractivity contribution in [2.75, 3.05) is 11.9 Å². The number of aryl methyl sites for hydroxylation is 1. The first-order valence-electron chi connectivity index (χ1n) is 10.3. The fourth-order valence-corrected chi connectivity index (χ4v) is 5.36. The third-order valence-electron chi connectivity index (χ3n) is 5.13. The molecule has 2 N–H and O–H groups in total. The van der Waals surface area contributed by atoms with Crippen molar-refractivity contribution in [1.82, 2.24) is 44.7 Å². The van der Waals surface area contributed by atoms with E-state index in [1.807, 2.05) is 11.6 Å². The number of benzene rings is 1. The number of aromatic nitrogens is 8. The van der Waals surface area contributed by atoms with Gasteiger partial charge in [-0.1, -0.05) is 11.3 Å². The molecule has 1 atom stereocenters. The zero-order valence-corrected chi connectivity index (χ0v) is 18.9. The number of rotatable bonds is 10. The average molecular weight is 475 g/mol. The molecule has 1 aliphatic rings. The van der Waals surface area contributed by atoms with Crippen LogP contribution in [-0.4, -0.2) is 54.9 Å². The van der Waals surface area contributed by atoms with E-state index in [1.54, 1.807) is 29.2 Å². The highest BCUT2D eigenvalue weighted by Crippen LogP contribution is 2.36. The van der Waals surface area contributed by atoms with E-state index in [2.05, 4.69) is 40.6 Å². The molecule has 1 aromatic carbocycles. The third-order valence-corrected chi connectivity index (χ3v) is 7.56. The molecule has 1 fully saturated rings. The van der Waals surface area contributed by atoms with E-state index in [9.17, 15) is 8.42 Å². The van der Waals surface area contributed by atoms with E-state index in [0.29, 0.717) is 36.2 Å². The first-order chi connectivity index (χ1) is 15.5. The predicted molar refractivity (Wildman–Crippen MR) is 118 cm³/mol. The molecule has 3 heterocycles. The SMILES string of the molecule is CC(Nc1nc2cc(S(=O)(=O)NCCCn3cncn3)ccc2s1)c1nnnn1C1CC1. The molecule has 1 saturated carbocycles. The molecule has 0 aliphatic heterocycles. The van der Waals surface area contributed by atoms with Gasteiger partial charge < -0.3 is 5.32 Å². The van der Waals surface area contributed by atoms with Crippen LogP contribution in [0.4, 0.5) is 5.13 Å². The Morgan fingerprint density at radius 3 is 2.97 bits per heavy atom. The molecule has 4 aromatic rings. The van der Waals surface area contributed by atoms with Gasteiger partial charge in [0, 0.05) is 13.1 Å². The van der Waals surface area contributed by atoms with Gasteiger partial charge in [-0.2, -0.15) is 5.10 Å². The summed E-state index contributed by atoms with van der Waals surface area (Å²) >= 11 is 1.46. The summed E-state index contributed by atoms with van der Waals surface area (Å²) in [6.45, 7) is 2.87. The van der Waals surface area contributed by atoms with Crippen molar-refractivity contribution in [2.24, 2.45) is 0 Å². The summed E-state index contributed by atoms with van der Waals surface area (Å²) < 4.78 is 32.4. The van der Waals surface area contributed by atoms with Crippen LogP contribution in [0, 0.1) is 0 Å². The molecule has 1 aliphatic carbocycles. The predicted octanol–water partition coefficient (Wildman–Crippen LogP) is 1.75. The van der Waals surface area contributed by atoms with Crippen LogP contribution in [0.25, 0.3) is 10.2 Å². The molecule has 5 rings (SSSR count). The number of tetrazole rings is 1. The van der Waals surface area contributed by atoms with E-state index >= 15 is 0 Å². The lowest BCUT2D eigenvalue weighted by atomic mass is 10.3. The van der Waals surface area contributed by atoms with Crippen LogP contribution in [0.5, 0.6) is 0 Å². The molecule has 168 valence electrons. The highest BCUT2D eigenvalue weighted by Gasteiger charge is 2.29. The molecule has 0 saturated heterocycles. The number of hydrogen-bond donors (Lipinski definition) is 2. The topological polar surface area (TPSA) is 145 Å². The fourth-order valence-electron chi connectivity index (χ4n) is 3.33. The molecule has 0 bridgehead atoms. The smallest absolute Gasteiger partial charge is 0.240 e. The normalized spacial score (nSPS) is 15.3. The van der Waals surface area contributed by atoms with Gasteiger partial charge in [0.05, 0.1) is 27.2 Å². The Balaban J connectivity index is 1.25. The highest BCUT2D eigenvalue weighted by molar-refractivity contribution is 7.89. The lowest BCUT2D eigenvalue weighted by Gasteiger charge is -2.11. The zero-order chi connectivity index (χ0) is 22.1. The van der Waals surface area contributed by atoms with E-state index < -0.39 is 10.0 Å². The summed E-state index contributed by atoms with van der Waals surface area (Å²) in [7, 11) is -3.63. The maximum absolute atomic E-state index is 12.7. The Labute approximate surface area is 188 Å². The summed E-state index contributed by atoms with van der Waals surface area (Å²) in [5.74, 6) is 0.769. The van der Waals surface area contributed by atoms with Crippen molar-refractivity contribution in [3.63, 3.8) is 0 Å². The summed E-state index contributed by atoms with van der Waals surface area (Å²) in [6, 6.07) is 5.23. The zero-order valence-electron chi connectivity index (χ0n) is 17.3. The molecule has 3 aromatic heterocycles. The number of sulfonamides is 1. The van der Waals surface area contributed by atoms with Crippen molar-refractivity contribution in [1.29, 1.82) is 0 Å². The fraction of sp³-hybridized carbons (Fsp3) is 0.444. The highest BCUT2D eigenvalue weighted by atomic mass is 32.2. The summed E-state index contributed by atoms with van der Waals surface area (Å²) in [6.07, 6.45) is 5.85. The van der Waals surface area contributed by atoms with Crippen molar-refractivity contribution >= 4 is 36.7 Å². The third kappa shape index (κ3) is 4.47. The minimum atomic E-state index is -3.63. The second kappa shape index (κ2) is 8.52. The first kappa shape index (κ1) is 20.9.